The van der Waals surface area contributed by atoms with Gasteiger partial charge in [0.05, 0.1) is 20.8 Å². The number of rotatable bonds is 8. The minimum Gasteiger partial charge on any atom is -0.496 e. The Kier molecular flexibility index (Phi) is 7.80. The molecule has 1 atom stereocenters. The summed E-state index contributed by atoms with van der Waals surface area (Å²) < 4.78 is 15.6. The Hall–Kier alpha value is -3.55. The minimum absolute atomic E-state index is 0.0786. The molecule has 0 aromatic heterocycles. The summed E-state index contributed by atoms with van der Waals surface area (Å²) >= 11 is 0. The molecule has 1 unspecified atom stereocenters. The molecule has 0 radical (unpaired) electrons. The third kappa shape index (κ3) is 5.50. The van der Waals surface area contributed by atoms with Gasteiger partial charge in [-0.05, 0) is 44.0 Å². The molecule has 0 spiro atoms. The summed E-state index contributed by atoms with van der Waals surface area (Å²) in [6.07, 6.45) is -1.12. The van der Waals surface area contributed by atoms with Crippen molar-refractivity contribution in [3.05, 3.63) is 53.1 Å². The highest BCUT2D eigenvalue weighted by Crippen LogP contribution is 2.29. The van der Waals surface area contributed by atoms with E-state index in [4.69, 9.17) is 14.2 Å². The molecule has 0 bridgehead atoms. The van der Waals surface area contributed by atoms with Gasteiger partial charge in [0.1, 0.15) is 17.1 Å². The largest absolute Gasteiger partial charge is 0.496 e. The maximum atomic E-state index is 12.5. The van der Waals surface area contributed by atoms with Crippen LogP contribution in [0.3, 0.4) is 0 Å². The third-order valence-corrected chi connectivity index (χ3v) is 4.45. The van der Waals surface area contributed by atoms with E-state index in [1.807, 2.05) is 32.0 Å². The number of nitrogens with one attached hydrogen (secondary N) is 2. The van der Waals surface area contributed by atoms with Gasteiger partial charge in [-0.2, -0.15) is 0 Å². The average Bonchev–Trinajstić information content (AvgIpc) is 2.73. The van der Waals surface area contributed by atoms with Crippen LogP contribution in [-0.4, -0.2) is 44.7 Å². The van der Waals surface area contributed by atoms with Crippen molar-refractivity contribution in [3.8, 4) is 11.5 Å². The lowest BCUT2D eigenvalue weighted by atomic mass is 10.1. The van der Waals surface area contributed by atoms with Crippen molar-refractivity contribution in [1.29, 1.82) is 0 Å². The van der Waals surface area contributed by atoms with Crippen LogP contribution in [-0.2, 0) is 14.3 Å². The van der Waals surface area contributed by atoms with E-state index in [2.05, 4.69) is 10.6 Å². The molecule has 2 rings (SSSR count). The Balaban J connectivity index is 1.95. The molecule has 2 N–H and O–H groups in total. The Morgan fingerprint density at radius 3 is 2.00 bits per heavy atom. The molecule has 2 aromatic carbocycles. The predicted octanol–water partition coefficient (Wildman–Crippen LogP) is 2.62. The van der Waals surface area contributed by atoms with E-state index in [0.717, 1.165) is 11.1 Å². The second-order valence-electron chi connectivity index (χ2n) is 6.62. The molecule has 0 aliphatic heterocycles. The normalized spacial score (nSPS) is 11.2. The number of methoxy groups -OCH3 is 2. The highest BCUT2D eigenvalue weighted by atomic mass is 16.6. The monoisotopic (exact) mass is 414 g/mol. The van der Waals surface area contributed by atoms with Gasteiger partial charge in [-0.1, -0.05) is 24.3 Å². The molecule has 0 saturated carbocycles. The first-order chi connectivity index (χ1) is 14.3. The van der Waals surface area contributed by atoms with Crippen LogP contribution >= 0.6 is 0 Å². The molecule has 8 nitrogen and oxygen atoms in total. The van der Waals surface area contributed by atoms with Gasteiger partial charge in [-0.15, -0.1) is 0 Å². The molecule has 0 fully saturated rings. The Morgan fingerprint density at radius 1 is 0.933 bits per heavy atom. The van der Waals surface area contributed by atoms with Crippen molar-refractivity contribution < 1.29 is 28.6 Å². The van der Waals surface area contributed by atoms with Crippen LogP contribution in [0.25, 0.3) is 0 Å². The van der Waals surface area contributed by atoms with E-state index in [9.17, 15) is 14.4 Å². The first-order valence-corrected chi connectivity index (χ1v) is 9.34. The fraction of sp³-hybridized carbons (Fsp3) is 0.318. The minimum atomic E-state index is -1.12. The van der Waals surface area contributed by atoms with Gasteiger partial charge >= 0.3 is 5.97 Å². The zero-order valence-electron chi connectivity index (χ0n) is 17.7. The van der Waals surface area contributed by atoms with Gasteiger partial charge in [-0.25, -0.2) is 4.79 Å². The van der Waals surface area contributed by atoms with Crippen LogP contribution in [0, 0.1) is 13.8 Å². The number of hydrogen-bond donors (Lipinski definition) is 2. The van der Waals surface area contributed by atoms with Crippen LogP contribution in [0.2, 0.25) is 0 Å². The molecule has 0 heterocycles. The summed E-state index contributed by atoms with van der Waals surface area (Å²) in [7, 11) is 2.83. The van der Waals surface area contributed by atoms with Crippen LogP contribution in [0.4, 0.5) is 5.69 Å². The summed E-state index contributed by atoms with van der Waals surface area (Å²) in [6, 6.07) is 10.5. The molecule has 2 aromatic rings. The number of aryl methyl sites for hydroxylation is 2. The third-order valence-electron chi connectivity index (χ3n) is 4.45. The summed E-state index contributed by atoms with van der Waals surface area (Å²) in [5.74, 6) is -1.23. The number of benzene rings is 2. The average molecular weight is 414 g/mol. The van der Waals surface area contributed by atoms with Crippen molar-refractivity contribution in [2.75, 3.05) is 26.1 Å². The van der Waals surface area contributed by atoms with Crippen LogP contribution in [0.1, 0.15) is 28.4 Å². The van der Waals surface area contributed by atoms with E-state index >= 15 is 0 Å². The lowest BCUT2D eigenvalue weighted by Gasteiger charge is -2.16. The molecule has 0 saturated heterocycles. The zero-order chi connectivity index (χ0) is 22.3. The van der Waals surface area contributed by atoms with E-state index in [-0.39, 0.29) is 29.5 Å². The molecule has 30 heavy (non-hydrogen) atoms. The van der Waals surface area contributed by atoms with Gasteiger partial charge in [0.25, 0.3) is 5.91 Å². The van der Waals surface area contributed by atoms with Crippen molar-refractivity contribution in [3.63, 3.8) is 0 Å². The second kappa shape index (κ2) is 10.3. The number of carbonyl (C=O) groups is 3. The molecule has 0 aliphatic carbocycles. The first-order valence-electron chi connectivity index (χ1n) is 9.34. The number of carbonyl (C=O) groups excluding carboxylic acids is 3. The summed E-state index contributed by atoms with van der Waals surface area (Å²) in [4.78, 5) is 37.0. The van der Waals surface area contributed by atoms with Crippen LogP contribution in [0.5, 0.6) is 11.5 Å². The van der Waals surface area contributed by atoms with Crippen LogP contribution < -0.4 is 20.1 Å². The SMILES string of the molecule is COc1cccc(OC)c1C(=O)OC(C)C(=O)NCC(=O)Nc1c(C)cccc1C. The predicted molar refractivity (Wildman–Crippen MR) is 112 cm³/mol. The lowest BCUT2D eigenvalue weighted by molar-refractivity contribution is -0.130. The fourth-order valence-electron chi connectivity index (χ4n) is 2.83. The number of anilines is 1. The standard InChI is InChI=1S/C22H26N2O6/c1-13-8-6-9-14(2)20(13)24-18(25)12-23-21(26)15(3)30-22(27)19-16(28-4)10-7-11-17(19)29-5/h6-11,15H,12H2,1-5H3,(H,23,26)(H,24,25). The highest BCUT2D eigenvalue weighted by molar-refractivity contribution is 5.98. The van der Waals surface area contributed by atoms with Gasteiger partial charge in [0.2, 0.25) is 5.91 Å². The molecule has 0 aliphatic rings. The molecule has 160 valence electrons. The van der Waals surface area contributed by atoms with Gasteiger partial charge < -0.3 is 24.8 Å². The molecular formula is C22H26N2O6. The van der Waals surface area contributed by atoms with Crippen molar-refractivity contribution in [2.24, 2.45) is 0 Å². The highest BCUT2D eigenvalue weighted by Gasteiger charge is 2.25. The van der Waals surface area contributed by atoms with E-state index in [1.54, 1.807) is 18.2 Å². The van der Waals surface area contributed by atoms with Crippen molar-refractivity contribution in [2.45, 2.75) is 26.9 Å². The number of amides is 2. The van der Waals surface area contributed by atoms with E-state index in [0.29, 0.717) is 5.69 Å². The number of hydrogen-bond acceptors (Lipinski definition) is 6. The maximum absolute atomic E-state index is 12.5. The first kappa shape index (κ1) is 22.7. The number of para-hydroxylation sites is 1. The smallest absolute Gasteiger partial charge is 0.346 e. The zero-order valence-corrected chi connectivity index (χ0v) is 17.7. The van der Waals surface area contributed by atoms with Gasteiger partial charge in [-0.3, -0.25) is 9.59 Å². The van der Waals surface area contributed by atoms with Crippen molar-refractivity contribution >= 4 is 23.5 Å². The summed E-state index contributed by atoms with van der Waals surface area (Å²) in [5, 5.41) is 5.24. The molecular weight excluding hydrogens is 388 g/mol. The van der Waals surface area contributed by atoms with E-state index < -0.39 is 18.0 Å². The van der Waals surface area contributed by atoms with Crippen molar-refractivity contribution in [1.82, 2.24) is 5.32 Å². The lowest BCUT2D eigenvalue weighted by Crippen LogP contribution is -2.40. The van der Waals surface area contributed by atoms with Gasteiger partial charge in [0.15, 0.2) is 6.10 Å². The fourth-order valence-corrected chi connectivity index (χ4v) is 2.83. The molecule has 2 amide bonds. The van der Waals surface area contributed by atoms with Crippen LogP contribution in [0.15, 0.2) is 36.4 Å². The van der Waals surface area contributed by atoms with E-state index in [1.165, 1.54) is 21.1 Å². The topological polar surface area (TPSA) is 103 Å². The van der Waals surface area contributed by atoms with Gasteiger partial charge in [0, 0.05) is 5.69 Å². The summed E-state index contributed by atoms with van der Waals surface area (Å²) in [5.41, 5.74) is 2.62. The quantitative estimate of drug-likeness (QED) is 0.644. The Morgan fingerprint density at radius 2 is 1.47 bits per heavy atom. The second-order valence-corrected chi connectivity index (χ2v) is 6.62. The molecule has 8 heteroatoms. The Bertz CT molecular complexity index is 899. The number of esters is 1. The maximum Gasteiger partial charge on any atom is 0.346 e. The Labute approximate surface area is 175 Å². The summed E-state index contributed by atoms with van der Waals surface area (Å²) in [6.45, 7) is 4.93. The number of ether oxygens (including phenoxy) is 3.